The Balaban J connectivity index is 1.48. The Labute approximate surface area is 188 Å². The lowest BCUT2D eigenvalue weighted by molar-refractivity contribution is 0.0950. The zero-order valence-corrected chi connectivity index (χ0v) is 18.9. The lowest BCUT2D eigenvalue weighted by atomic mass is 10.2. The molecular formula is C22H28N4O5S. The molecule has 9 nitrogen and oxygen atoms in total. The minimum Gasteiger partial charge on any atom is -0.495 e. The molecule has 4 rings (SSSR count). The number of sulfonamides is 1. The number of hydrogen-bond acceptors (Lipinski definition) is 7. The number of hydrogen-bond donors (Lipinski definition) is 1. The maximum absolute atomic E-state index is 13.0. The van der Waals surface area contributed by atoms with Gasteiger partial charge in [0.1, 0.15) is 16.5 Å². The standard InChI is InChI=1S/C22H28N4O5S/c1-30-19-5-4-18(15-20(19)32(28,29)26-8-2-3-9-26)22(27)24-16-17-6-7-23-21(14-17)25-10-12-31-13-11-25/h4-7,14-15H,2-3,8-13,16H2,1H3,(H,24,27). The van der Waals surface area contributed by atoms with E-state index < -0.39 is 10.0 Å². The second kappa shape index (κ2) is 9.85. The minimum atomic E-state index is -3.72. The van der Waals surface area contributed by atoms with Gasteiger partial charge >= 0.3 is 0 Å². The van der Waals surface area contributed by atoms with Crippen LogP contribution in [0.25, 0.3) is 0 Å². The fraction of sp³-hybridized carbons (Fsp3) is 0.455. The number of methoxy groups -OCH3 is 1. The molecule has 2 aliphatic rings. The third-order valence-corrected chi connectivity index (χ3v) is 7.63. The molecule has 1 aromatic carbocycles. The van der Waals surface area contributed by atoms with Gasteiger partial charge in [0.2, 0.25) is 10.0 Å². The van der Waals surface area contributed by atoms with Crippen LogP contribution in [0, 0.1) is 0 Å². The number of anilines is 1. The van der Waals surface area contributed by atoms with Gasteiger partial charge in [0.25, 0.3) is 5.91 Å². The van der Waals surface area contributed by atoms with E-state index in [2.05, 4.69) is 15.2 Å². The van der Waals surface area contributed by atoms with Crippen LogP contribution in [0.2, 0.25) is 0 Å². The van der Waals surface area contributed by atoms with Crippen molar-refractivity contribution in [3.05, 3.63) is 47.7 Å². The normalized spacial score (nSPS) is 17.3. The second-order valence-corrected chi connectivity index (χ2v) is 9.69. The number of rotatable bonds is 7. The van der Waals surface area contributed by atoms with Gasteiger partial charge in [-0.15, -0.1) is 0 Å². The number of benzene rings is 1. The Morgan fingerprint density at radius 2 is 1.88 bits per heavy atom. The van der Waals surface area contributed by atoms with Crippen LogP contribution in [0.15, 0.2) is 41.4 Å². The smallest absolute Gasteiger partial charge is 0.251 e. The molecule has 0 aliphatic carbocycles. The molecule has 0 bridgehead atoms. The van der Waals surface area contributed by atoms with Gasteiger partial charge in [-0.3, -0.25) is 4.79 Å². The van der Waals surface area contributed by atoms with E-state index >= 15 is 0 Å². The van der Waals surface area contributed by atoms with Crippen LogP contribution in [0.3, 0.4) is 0 Å². The zero-order chi connectivity index (χ0) is 22.6. The Bertz CT molecular complexity index is 1060. The van der Waals surface area contributed by atoms with E-state index in [1.54, 1.807) is 12.3 Å². The lowest BCUT2D eigenvalue weighted by Gasteiger charge is -2.28. The van der Waals surface area contributed by atoms with Crippen molar-refractivity contribution in [2.24, 2.45) is 0 Å². The summed E-state index contributed by atoms with van der Waals surface area (Å²) in [5.74, 6) is 0.733. The molecule has 0 radical (unpaired) electrons. The monoisotopic (exact) mass is 460 g/mol. The maximum Gasteiger partial charge on any atom is 0.251 e. The molecule has 0 saturated carbocycles. The van der Waals surface area contributed by atoms with Crippen molar-refractivity contribution in [2.75, 3.05) is 51.4 Å². The highest BCUT2D eigenvalue weighted by Crippen LogP contribution is 2.30. The van der Waals surface area contributed by atoms with Gasteiger partial charge in [-0.05, 0) is 48.7 Å². The first-order chi connectivity index (χ1) is 15.5. The topological polar surface area (TPSA) is 101 Å². The lowest BCUT2D eigenvalue weighted by Crippen LogP contribution is -2.36. The van der Waals surface area contributed by atoms with Crippen LogP contribution in [-0.2, 0) is 21.3 Å². The summed E-state index contributed by atoms with van der Waals surface area (Å²) < 4.78 is 38.2. The fourth-order valence-corrected chi connectivity index (χ4v) is 5.61. The van der Waals surface area contributed by atoms with Crippen LogP contribution in [0.4, 0.5) is 5.82 Å². The van der Waals surface area contributed by atoms with Crippen molar-refractivity contribution in [1.82, 2.24) is 14.6 Å². The summed E-state index contributed by atoms with van der Waals surface area (Å²) in [7, 11) is -2.29. The van der Waals surface area contributed by atoms with Gasteiger partial charge < -0.3 is 19.7 Å². The Hall–Kier alpha value is -2.69. The summed E-state index contributed by atoms with van der Waals surface area (Å²) in [6.07, 6.45) is 3.39. The van der Waals surface area contributed by atoms with Crippen molar-refractivity contribution >= 4 is 21.7 Å². The van der Waals surface area contributed by atoms with Gasteiger partial charge in [-0.1, -0.05) is 0 Å². The quantitative estimate of drug-likeness (QED) is 0.670. The molecule has 10 heteroatoms. The number of carbonyl (C=O) groups is 1. The van der Waals surface area contributed by atoms with E-state index in [4.69, 9.17) is 9.47 Å². The van der Waals surface area contributed by atoms with Crippen LogP contribution < -0.4 is 15.0 Å². The highest BCUT2D eigenvalue weighted by atomic mass is 32.2. The zero-order valence-electron chi connectivity index (χ0n) is 18.1. The average molecular weight is 461 g/mol. The molecule has 1 aromatic heterocycles. The summed E-state index contributed by atoms with van der Waals surface area (Å²) >= 11 is 0. The molecule has 2 saturated heterocycles. The number of pyridine rings is 1. The molecule has 0 atom stereocenters. The number of nitrogens with zero attached hydrogens (tertiary/aromatic N) is 3. The molecule has 3 heterocycles. The van der Waals surface area contributed by atoms with Crippen LogP contribution in [0.5, 0.6) is 5.75 Å². The van der Waals surface area contributed by atoms with Crippen LogP contribution >= 0.6 is 0 Å². The highest BCUT2D eigenvalue weighted by molar-refractivity contribution is 7.89. The number of amides is 1. The van der Waals surface area contributed by atoms with Gasteiger partial charge in [0, 0.05) is 44.5 Å². The van der Waals surface area contributed by atoms with Crippen LogP contribution in [0.1, 0.15) is 28.8 Å². The van der Waals surface area contributed by atoms with Crippen molar-refractivity contribution in [2.45, 2.75) is 24.3 Å². The molecular weight excluding hydrogens is 432 g/mol. The summed E-state index contributed by atoms with van der Waals surface area (Å²) in [4.78, 5) is 19.4. The first kappa shape index (κ1) is 22.5. The molecule has 2 aromatic rings. The largest absolute Gasteiger partial charge is 0.495 e. The Morgan fingerprint density at radius 1 is 1.12 bits per heavy atom. The molecule has 0 spiro atoms. The molecule has 2 aliphatic heterocycles. The number of carbonyl (C=O) groups excluding carboxylic acids is 1. The van der Waals surface area contributed by atoms with E-state index in [-0.39, 0.29) is 22.1 Å². The van der Waals surface area contributed by atoms with E-state index in [1.807, 2.05) is 12.1 Å². The second-order valence-electron chi connectivity index (χ2n) is 7.78. The fourth-order valence-electron chi connectivity index (χ4n) is 3.91. The van der Waals surface area contributed by atoms with E-state index in [1.165, 1.54) is 23.5 Å². The third-order valence-electron chi connectivity index (χ3n) is 5.71. The van der Waals surface area contributed by atoms with Crippen molar-refractivity contribution in [3.8, 4) is 5.75 Å². The Morgan fingerprint density at radius 3 is 2.59 bits per heavy atom. The van der Waals surface area contributed by atoms with Gasteiger partial charge in [-0.2, -0.15) is 4.31 Å². The molecule has 1 N–H and O–H groups in total. The molecule has 32 heavy (non-hydrogen) atoms. The van der Waals surface area contributed by atoms with Gasteiger partial charge in [0.05, 0.1) is 20.3 Å². The average Bonchev–Trinajstić information content (AvgIpc) is 3.39. The van der Waals surface area contributed by atoms with E-state index in [9.17, 15) is 13.2 Å². The summed E-state index contributed by atoms with van der Waals surface area (Å²) in [5.41, 5.74) is 1.18. The van der Waals surface area contributed by atoms with Crippen molar-refractivity contribution < 1.29 is 22.7 Å². The van der Waals surface area contributed by atoms with Crippen molar-refractivity contribution in [3.63, 3.8) is 0 Å². The molecule has 0 unspecified atom stereocenters. The number of ether oxygens (including phenoxy) is 2. The van der Waals surface area contributed by atoms with Crippen LogP contribution in [-0.4, -0.2) is 70.1 Å². The predicted molar refractivity (Wildman–Crippen MR) is 119 cm³/mol. The van der Waals surface area contributed by atoms with Crippen molar-refractivity contribution in [1.29, 1.82) is 0 Å². The van der Waals surface area contributed by atoms with Gasteiger partial charge in [0.15, 0.2) is 0 Å². The van der Waals surface area contributed by atoms with E-state index in [0.29, 0.717) is 32.8 Å². The predicted octanol–water partition coefficient (Wildman–Crippen LogP) is 1.64. The number of aromatic nitrogens is 1. The first-order valence-electron chi connectivity index (χ1n) is 10.7. The first-order valence-corrected chi connectivity index (χ1v) is 12.2. The summed E-state index contributed by atoms with van der Waals surface area (Å²) in [6.45, 7) is 4.17. The third kappa shape index (κ3) is 4.87. The highest BCUT2D eigenvalue weighted by Gasteiger charge is 2.30. The van der Waals surface area contributed by atoms with E-state index in [0.717, 1.165) is 37.3 Å². The number of morpholine rings is 1. The molecule has 172 valence electrons. The number of nitrogens with one attached hydrogen (secondary N) is 1. The molecule has 1 amide bonds. The Kier molecular flexibility index (Phi) is 6.92. The maximum atomic E-state index is 13.0. The molecule has 2 fully saturated rings. The van der Waals surface area contributed by atoms with Gasteiger partial charge in [-0.25, -0.2) is 13.4 Å². The summed E-state index contributed by atoms with van der Waals surface area (Å²) in [6, 6.07) is 8.29. The SMILES string of the molecule is COc1ccc(C(=O)NCc2ccnc(N3CCOCC3)c2)cc1S(=O)(=O)N1CCCC1. The minimum absolute atomic E-state index is 0.0214. The summed E-state index contributed by atoms with van der Waals surface area (Å²) in [5, 5.41) is 2.87.